The molecule has 3 rings (SSSR count). The SMILES string of the molecule is C#CCOc1c(Br)cc(Cl)cc1C=Nn1c([C@H](C)CC)nc2ccc(Br)cc2c1=O. The molecule has 3 aromatic rings. The second-order valence-electron chi connectivity index (χ2n) is 6.60. The predicted octanol–water partition coefficient (Wildman–Crippen LogP) is 5.98. The summed E-state index contributed by atoms with van der Waals surface area (Å²) < 4.78 is 8.41. The summed E-state index contributed by atoms with van der Waals surface area (Å²) in [5, 5.41) is 5.43. The van der Waals surface area contributed by atoms with Crippen molar-refractivity contribution >= 4 is 60.6 Å². The van der Waals surface area contributed by atoms with Crippen LogP contribution in [-0.2, 0) is 0 Å². The van der Waals surface area contributed by atoms with Gasteiger partial charge in [-0.05, 0) is 52.7 Å². The second kappa shape index (κ2) is 9.78. The van der Waals surface area contributed by atoms with Crippen LogP contribution in [0, 0.1) is 12.3 Å². The van der Waals surface area contributed by atoms with Gasteiger partial charge < -0.3 is 4.74 Å². The quantitative estimate of drug-likeness (QED) is 0.280. The highest BCUT2D eigenvalue weighted by Gasteiger charge is 2.16. The van der Waals surface area contributed by atoms with Gasteiger partial charge in [-0.15, -0.1) is 6.42 Å². The molecule has 0 saturated heterocycles. The average Bonchev–Trinajstić information content (AvgIpc) is 2.72. The summed E-state index contributed by atoms with van der Waals surface area (Å²) >= 11 is 13.0. The fraction of sp³-hybridized carbons (Fsp3) is 0.227. The molecule has 0 unspecified atom stereocenters. The molecule has 5 nitrogen and oxygen atoms in total. The lowest BCUT2D eigenvalue weighted by Gasteiger charge is -2.14. The van der Waals surface area contributed by atoms with E-state index in [1.54, 1.807) is 18.2 Å². The maximum Gasteiger partial charge on any atom is 0.282 e. The molecule has 2 aromatic carbocycles. The molecule has 0 amide bonds. The molecule has 0 radical (unpaired) electrons. The zero-order chi connectivity index (χ0) is 21.8. The molecule has 0 aliphatic heterocycles. The van der Waals surface area contributed by atoms with E-state index in [4.69, 9.17) is 27.7 Å². The summed E-state index contributed by atoms with van der Waals surface area (Å²) in [5.74, 6) is 3.55. The first-order valence-corrected chi connectivity index (χ1v) is 11.1. The summed E-state index contributed by atoms with van der Waals surface area (Å²) in [5.41, 5.74) is 0.967. The van der Waals surface area contributed by atoms with Gasteiger partial charge >= 0.3 is 0 Å². The molecule has 0 saturated carbocycles. The van der Waals surface area contributed by atoms with Gasteiger partial charge in [0.1, 0.15) is 18.2 Å². The van der Waals surface area contributed by atoms with E-state index in [2.05, 4.69) is 42.9 Å². The highest BCUT2D eigenvalue weighted by atomic mass is 79.9. The minimum Gasteiger partial charge on any atom is -0.479 e. The van der Waals surface area contributed by atoms with Gasteiger partial charge in [0.05, 0.1) is 21.6 Å². The zero-order valence-corrected chi connectivity index (χ0v) is 20.3. The maximum atomic E-state index is 13.2. The fourth-order valence-corrected chi connectivity index (χ4v) is 4.15. The fourth-order valence-electron chi connectivity index (χ4n) is 2.84. The number of nitrogens with zero attached hydrogens (tertiary/aromatic N) is 3. The topological polar surface area (TPSA) is 56.5 Å². The summed E-state index contributed by atoms with van der Waals surface area (Å²) in [6.45, 7) is 4.14. The minimum absolute atomic E-state index is 0.0335. The van der Waals surface area contributed by atoms with Crippen molar-refractivity contribution in [1.29, 1.82) is 0 Å². The summed E-state index contributed by atoms with van der Waals surface area (Å²) in [4.78, 5) is 17.9. The van der Waals surface area contributed by atoms with Crippen molar-refractivity contribution in [1.82, 2.24) is 9.66 Å². The molecular formula is C22H18Br2ClN3O2. The van der Waals surface area contributed by atoms with Gasteiger partial charge in [0.2, 0.25) is 0 Å². The molecule has 0 bridgehead atoms. The number of fused-ring (bicyclic) bond motifs is 1. The van der Waals surface area contributed by atoms with Gasteiger partial charge in [-0.2, -0.15) is 9.78 Å². The van der Waals surface area contributed by atoms with Crippen molar-refractivity contribution in [2.24, 2.45) is 5.10 Å². The lowest BCUT2D eigenvalue weighted by atomic mass is 10.1. The van der Waals surface area contributed by atoms with E-state index in [0.29, 0.717) is 37.5 Å². The Morgan fingerprint density at radius 3 is 2.83 bits per heavy atom. The van der Waals surface area contributed by atoms with Crippen LogP contribution in [0.25, 0.3) is 10.9 Å². The normalized spacial score (nSPS) is 12.3. The van der Waals surface area contributed by atoms with Crippen LogP contribution >= 0.6 is 43.5 Å². The number of rotatable bonds is 6. The Bertz CT molecular complexity index is 1230. The van der Waals surface area contributed by atoms with Crippen LogP contribution in [0.1, 0.15) is 37.6 Å². The summed E-state index contributed by atoms with van der Waals surface area (Å²) in [6, 6.07) is 8.83. The van der Waals surface area contributed by atoms with Crippen LogP contribution in [-0.4, -0.2) is 22.5 Å². The number of benzene rings is 2. The number of terminal acetylenes is 1. The highest BCUT2D eigenvalue weighted by Crippen LogP contribution is 2.32. The molecule has 1 heterocycles. The van der Waals surface area contributed by atoms with Crippen molar-refractivity contribution < 1.29 is 4.74 Å². The highest BCUT2D eigenvalue weighted by molar-refractivity contribution is 9.10. The Morgan fingerprint density at radius 1 is 1.37 bits per heavy atom. The van der Waals surface area contributed by atoms with E-state index in [-0.39, 0.29) is 18.1 Å². The molecule has 1 aromatic heterocycles. The first-order valence-electron chi connectivity index (χ1n) is 9.17. The molecule has 8 heteroatoms. The van der Waals surface area contributed by atoms with E-state index in [1.807, 2.05) is 26.0 Å². The largest absolute Gasteiger partial charge is 0.479 e. The molecule has 0 spiro atoms. The standard InChI is InChI=1S/C22H18Br2ClN3O2/c1-4-8-30-20-14(9-16(25)11-18(20)24)12-26-28-21(13(3)5-2)27-19-7-6-15(23)10-17(19)22(28)29/h1,6-7,9-13H,5,8H2,2-3H3/t13-/m1/s1. The van der Waals surface area contributed by atoms with E-state index >= 15 is 0 Å². The van der Waals surface area contributed by atoms with Gasteiger partial charge in [0.25, 0.3) is 5.56 Å². The number of halogens is 3. The van der Waals surface area contributed by atoms with Crippen LogP contribution in [0.15, 0.2) is 49.2 Å². The summed E-state index contributed by atoms with van der Waals surface area (Å²) in [7, 11) is 0. The van der Waals surface area contributed by atoms with Gasteiger partial charge in [-0.1, -0.05) is 47.3 Å². The number of ether oxygens (including phenoxy) is 1. The summed E-state index contributed by atoms with van der Waals surface area (Å²) in [6.07, 6.45) is 7.66. The van der Waals surface area contributed by atoms with E-state index in [1.165, 1.54) is 10.9 Å². The van der Waals surface area contributed by atoms with Gasteiger partial charge in [0, 0.05) is 21.0 Å². The Balaban J connectivity index is 2.20. The first-order chi connectivity index (χ1) is 14.3. The molecule has 1 atom stereocenters. The number of aromatic nitrogens is 2. The minimum atomic E-state index is -0.250. The number of hydrogen-bond donors (Lipinski definition) is 0. The van der Waals surface area contributed by atoms with Crippen LogP contribution < -0.4 is 10.3 Å². The first kappa shape index (κ1) is 22.5. The van der Waals surface area contributed by atoms with Crippen LogP contribution in [0.2, 0.25) is 5.02 Å². The Hall–Kier alpha value is -2.14. The van der Waals surface area contributed by atoms with Crippen molar-refractivity contribution in [3.8, 4) is 18.1 Å². The third kappa shape index (κ3) is 4.77. The predicted molar refractivity (Wildman–Crippen MR) is 129 cm³/mol. The third-order valence-corrected chi connectivity index (χ3v) is 5.84. The zero-order valence-electron chi connectivity index (χ0n) is 16.3. The van der Waals surface area contributed by atoms with E-state index in [0.717, 1.165) is 10.9 Å². The Labute approximate surface area is 196 Å². The molecule has 154 valence electrons. The van der Waals surface area contributed by atoms with Crippen molar-refractivity contribution in [2.45, 2.75) is 26.2 Å². The van der Waals surface area contributed by atoms with Gasteiger partial charge in [0.15, 0.2) is 0 Å². The molecule has 30 heavy (non-hydrogen) atoms. The van der Waals surface area contributed by atoms with Gasteiger partial charge in [-0.25, -0.2) is 4.98 Å². The average molecular weight is 552 g/mol. The van der Waals surface area contributed by atoms with Gasteiger partial charge in [-0.3, -0.25) is 4.79 Å². The molecule has 0 N–H and O–H groups in total. The van der Waals surface area contributed by atoms with Crippen LogP contribution in [0.3, 0.4) is 0 Å². The van der Waals surface area contributed by atoms with E-state index < -0.39 is 0 Å². The van der Waals surface area contributed by atoms with Crippen LogP contribution in [0.4, 0.5) is 0 Å². The number of hydrogen-bond acceptors (Lipinski definition) is 4. The smallest absolute Gasteiger partial charge is 0.282 e. The molecule has 0 aliphatic rings. The lowest BCUT2D eigenvalue weighted by Crippen LogP contribution is -2.23. The second-order valence-corrected chi connectivity index (χ2v) is 8.81. The monoisotopic (exact) mass is 549 g/mol. The Kier molecular flexibility index (Phi) is 7.35. The van der Waals surface area contributed by atoms with Crippen LogP contribution in [0.5, 0.6) is 5.75 Å². The molecular weight excluding hydrogens is 534 g/mol. The van der Waals surface area contributed by atoms with Crippen molar-refractivity contribution in [3.05, 3.63) is 66.0 Å². The third-order valence-electron chi connectivity index (χ3n) is 4.54. The van der Waals surface area contributed by atoms with Crippen molar-refractivity contribution in [2.75, 3.05) is 6.61 Å². The van der Waals surface area contributed by atoms with E-state index in [9.17, 15) is 4.79 Å². The lowest BCUT2D eigenvalue weighted by molar-refractivity contribution is 0.367. The molecule has 0 aliphatic carbocycles. The molecule has 0 fully saturated rings. The Morgan fingerprint density at radius 2 is 2.13 bits per heavy atom. The van der Waals surface area contributed by atoms with Crippen molar-refractivity contribution in [3.63, 3.8) is 0 Å². The maximum absolute atomic E-state index is 13.2.